The van der Waals surface area contributed by atoms with Crippen molar-refractivity contribution in [2.45, 2.75) is 11.6 Å². The molecular weight excluding hydrogens is 353 g/mol. The van der Waals surface area contributed by atoms with E-state index in [0.717, 1.165) is 16.2 Å². The highest BCUT2D eigenvalue weighted by Crippen LogP contribution is 2.23. The van der Waals surface area contributed by atoms with Gasteiger partial charge in [-0.15, -0.1) is 0 Å². The second-order valence-corrected chi connectivity index (χ2v) is 6.82. The number of imidazole rings is 1. The van der Waals surface area contributed by atoms with Gasteiger partial charge in [0.05, 0.1) is 11.0 Å². The number of thioether (sulfide) groups is 1. The van der Waals surface area contributed by atoms with Crippen LogP contribution in [0.2, 0.25) is 10.0 Å². The SMILES string of the molecule is O=C(CCSc1nc2ccccc2[nH]1)Nc1cc(Cl)cc(Cl)c1. The fraction of sp³-hybridized carbons (Fsp3) is 0.125. The Kier molecular flexibility index (Phi) is 5.10. The van der Waals surface area contributed by atoms with Crippen LogP contribution < -0.4 is 5.32 Å². The summed E-state index contributed by atoms with van der Waals surface area (Å²) in [4.78, 5) is 19.6. The maximum atomic E-state index is 12.0. The molecule has 3 rings (SSSR count). The van der Waals surface area contributed by atoms with E-state index in [4.69, 9.17) is 23.2 Å². The molecule has 0 saturated heterocycles. The second kappa shape index (κ2) is 7.25. The van der Waals surface area contributed by atoms with E-state index in [1.165, 1.54) is 11.8 Å². The molecule has 2 N–H and O–H groups in total. The Morgan fingerprint density at radius 2 is 1.91 bits per heavy atom. The number of para-hydroxylation sites is 2. The van der Waals surface area contributed by atoms with Crippen molar-refractivity contribution in [3.05, 3.63) is 52.5 Å². The molecule has 0 unspecified atom stereocenters. The van der Waals surface area contributed by atoms with Gasteiger partial charge in [-0.3, -0.25) is 4.79 Å². The van der Waals surface area contributed by atoms with Crippen LogP contribution in [0, 0.1) is 0 Å². The first-order chi connectivity index (χ1) is 11.1. The molecule has 1 amide bonds. The van der Waals surface area contributed by atoms with Crippen molar-refractivity contribution in [2.24, 2.45) is 0 Å². The fourth-order valence-electron chi connectivity index (χ4n) is 2.09. The van der Waals surface area contributed by atoms with Gasteiger partial charge in [-0.05, 0) is 30.3 Å². The molecule has 7 heteroatoms. The lowest BCUT2D eigenvalue weighted by Gasteiger charge is -2.05. The lowest BCUT2D eigenvalue weighted by molar-refractivity contribution is -0.115. The standard InChI is InChI=1S/C16H13Cl2N3OS/c17-10-7-11(18)9-12(8-10)19-15(22)5-6-23-16-20-13-3-1-2-4-14(13)21-16/h1-4,7-9H,5-6H2,(H,19,22)(H,20,21). The van der Waals surface area contributed by atoms with Gasteiger partial charge in [-0.1, -0.05) is 47.1 Å². The highest BCUT2D eigenvalue weighted by Gasteiger charge is 2.07. The number of carbonyl (C=O) groups is 1. The molecular formula is C16H13Cl2N3OS. The summed E-state index contributed by atoms with van der Waals surface area (Å²) in [5.74, 6) is 0.534. The number of H-pyrrole nitrogens is 1. The van der Waals surface area contributed by atoms with E-state index in [1.807, 2.05) is 24.3 Å². The number of carbonyl (C=O) groups excluding carboxylic acids is 1. The van der Waals surface area contributed by atoms with Gasteiger partial charge in [0.1, 0.15) is 0 Å². The van der Waals surface area contributed by atoms with Gasteiger partial charge < -0.3 is 10.3 Å². The van der Waals surface area contributed by atoms with Crippen LogP contribution in [0.15, 0.2) is 47.6 Å². The summed E-state index contributed by atoms with van der Waals surface area (Å²) in [7, 11) is 0. The molecule has 1 aromatic heterocycles. The average Bonchev–Trinajstić information content (AvgIpc) is 2.88. The molecule has 23 heavy (non-hydrogen) atoms. The fourth-order valence-corrected chi connectivity index (χ4v) is 3.44. The molecule has 0 spiro atoms. The minimum Gasteiger partial charge on any atom is -0.333 e. The minimum atomic E-state index is -0.0908. The lowest BCUT2D eigenvalue weighted by atomic mass is 10.3. The van der Waals surface area contributed by atoms with Crippen molar-refractivity contribution in [1.29, 1.82) is 0 Å². The maximum absolute atomic E-state index is 12.0. The van der Waals surface area contributed by atoms with Crippen molar-refractivity contribution in [1.82, 2.24) is 9.97 Å². The molecule has 0 bridgehead atoms. The second-order valence-electron chi connectivity index (χ2n) is 4.86. The summed E-state index contributed by atoms with van der Waals surface area (Å²) in [5.41, 5.74) is 2.52. The Morgan fingerprint density at radius 3 is 2.65 bits per heavy atom. The molecule has 2 aromatic carbocycles. The predicted octanol–water partition coefficient (Wildman–Crippen LogP) is 4.99. The number of aromatic amines is 1. The van der Waals surface area contributed by atoms with Crippen molar-refractivity contribution in [2.75, 3.05) is 11.1 Å². The van der Waals surface area contributed by atoms with Gasteiger partial charge in [0, 0.05) is 27.9 Å². The summed E-state index contributed by atoms with van der Waals surface area (Å²) >= 11 is 13.3. The maximum Gasteiger partial charge on any atom is 0.225 e. The lowest BCUT2D eigenvalue weighted by Crippen LogP contribution is -2.12. The van der Waals surface area contributed by atoms with Crippen LogP contribution in [0.3, 0.4) is 0 Å². The summed E-state index contributed by atoms with van der Waals surface area (Å²) in [6.07, 6.45) is 0.367. The number of amides is 1. The van der Waals surface area contributed by atoms with Gasteiger partial charge in [-0.2, -0.15) is 0 Å². The van der Waals surface area contributed by atoms with Crippen LogP contribution in [-0.2, 0) is 4.79 Å². The number of halogens is 2. The molecule has 0 aliphatic rings. The van der Waals surface area contributed by atoms with Crippen molar-refractivity contribution in [3.63, 3.8) is 0 Å². The van der Waals surface area contributed by atoms with Crippen molar-refractivity contribution in [3.8, 4) is 0 Å². The van der Waals surface area contributed by atoms with E-state index in [1.54, 1.807) is 18.2 Å². The molecule has 0 radical (unpaired) electrons. The first-order valence-corrected chi connectivity index (χ1v) is 8.68. The zero-order valence-corrected chi connectivity index (χ0v) is 14.3. The Bertz CT molecular complexity index is 797. The number of aromatic nitrogens is 2. The van der Waals surface area contributed by atoms with Gasteiger partial charge in [0.15, 0.2) is 5.16 Å². The monoisotopic (exact) mass is 365 g/mol. The summed E-state index contributed by atoms with van der Waals surface area (Å²) < 4.78 is 0. The molecule has 0 fully saturated rings. The number of fused-ring (bicyclic) bond motifs is 1. The predicted molar refractivity (Wildman–Crippen MR) is 96.5 cm³/mol. The van der Waals surface area contributed by atoms with Gasteiger partial charge >= 0.3 is 0 Å². The molecule has 3 aromatic rings. The third-order valence-corrected chi connectivity index (χ3v) is 4.39. The molecule has 118 valence electrons. The number of rotatable bonds is 5. The first-order valence-electron chi connectivity index (χ1n) is 6.94. The van der Waals surface area contributed by atoms with Crippen molar-refractivity contribution < 1.29 is 4.79 Å². The van der Waals surface area contributed by atoms with Crippen LogP contribution >= 0.6 is 35.0 Å². The third-order valence-electron chi connectivity index (χ3n) is 3.08. The molecule has 0 aliphatic carbocycles. The van der Waals surface area contributed by atoms with E-state index >= 15 is 0 Å². The normalized spacial score (nSPS) is 10.9. The third kappa shape index (κ3) is 4.41. The van der Waals surface area contributed by atoms with E-state index in [-0.39, 0.29) is 5.91 Å². The zero-order valence-electron chi connectivity index (χ0n) is 12.0. The van der Waals surface area contributed by atoms with Gasteiger partial charge in [0.25, 0.3) is 0 Å². The molecule has 0 atom stereocenters. The van der Waals surface area contributed by atoms with Gasteiger partial charge in [-0.25, -0.2) is 4.98 Å². The molecule has 0 aliphatic heterocycles. The minimum absolute atomic E-state index is 0.0908. The Hall–Kier alpha value is -1.69. The van der Waals surface area contributed by atoms with Crippen LogP contribution in [-0.4, -0.2) is 21.6 Å². The average molecular weight is 366 g/mol. The van der Waals surface area contributed by atoms with E-state index in [0.29, 0.717) is 27.9 Å². The topological polar surface area (TPSA) is 57.8 Å². The Morgan fingerprint density at radius 1 is 1.17 bits per heavy atom. The first kappa shape index (κ1) is 16.2. The number of benzene rings is 2. The number of nitrogens with zero attached hydrogens (tertiary/aromatic N) is 1. The van der Waals surface area contributed by atoms with Gasteiger partial charge in [0.2, 0.25) is 5.91 Å². The highest BCUT2D eigenvalue weighted by molar-refractivity contribution is 7.99. The molecule has 1 heterocycles. The quantitative estimate of drug-likeness (QED) is 0.626. The van der Waals surface area contributed by atoms with Crippen LogP contribution in [0.25, 0.3) is 11.0 Å². The number of anilines is 1. The largest absolute Gasteiger partial charge is 0.333 e. The van der Waals surface area contributed by atoms with Crippen molar-refractivity contribution >= 4 is 57.6 Å². The summed E-state index contributed by atoms with van der Waals surface area (Å²) in [5, 5.41) is 4.58. The Labute approximate surface area is 147 Å². The van der Waals surface area contributed by atoms with Crippen LogP contribution in [0.5, 0.6) is 0 Å². The van der Waals surface area contributed by atoms with Crippen LogP contribution in [0.1, 0.15) is 6.42 Å². The molecule has 4 nitrogen and oxygen atoms in total. The van der Waals surface area contributed by atoms with E-state index < -0.39 is 0 Å². The molecule has 0 saturated carbocycles. The highest BCUT2D eigenvalue weighted by atomic mass is 35.5. The smallest absolute Gasteiger partial charge is 0.225 e. The number of nitrogens with one attached hydrogen (secondary N) is 2. The number of hydrogen-bond donors (Lipinski definition) is 2. The summed E-state index contributed by atoms with van der Waals surface area (Å²) in [6, 6.07) is 12.8. The zero-order chi connectivity index (χ0) is 16.2. The number of hydrogen-bond acceptors (Lipinski definition) is 3. The Balaban J connectivity index is 1.52. The van der Waals surface area contributed by atoms with E-state index in [2.05, 4.69) is 15.3 Å². The van der Waals surface area contributed by atoms with E-state index in [9.17, 15) is 4.79 Å². The summed E-state index contributed by atoms with van der Waals surface area (Å²) in [6.45, 7) is 0. The van der Waals surface area contributed by atoms with Crippen LogP contribution in [0.4, 0.5) is 5.69 Å².